The van der Waals surface area contributed by atoms with Gasteiger partial charge in [-0.3, -0.25) is 9.40 Å². The quantitative estimate of drug-likeness (QED) is 0.788. The first-order valence-corrected chi connectivity index (χ1v) is 4.61. The fraction of sp³-hybridized carbons (Fsp3) is 0.667. The minimum absolute atomic E-state index is 0.147. The Bertz CT molecular complexity index is 307. The highest BCUT2D eigenvalue weighted by Crippen LogP contribution is 2.12. The molecule has 4 nitrogen and oxygen atoms in total. The second-order valence-corrected chi connectivity index (χ2v) is 4.06. The van der Waals surface area contributed by atoms with Gasteiger partial charge in [-0.15, -0.1) is 0 Å². The van der Waals surface area contributed by atoms with Crippen molar-refractivity contribution in [3.8, 4) is 0 Å². The van der Waals surface area contributed by atoms with Crippen LogP contribution in [0.3, 0.4) is 0 Å². The molecule has 0 unspecified atom stereocenters. The van der Waals surface area contributed by atoms with E-state index in [9.17, 15) is 8.78 Å². The fourth-order valence-corrected chi connectivity index (χ4v) is 0.976. The molecule has 0 atom stereocenters. The summed E-state index contributed by atoms with van der Waals surface area (Å²) in [6.07, 6.45) is 2.57. The number of halogens is 2. The summed E-state index contributed by atoms with van der Waals surface area (Å²) in [5, 5.41) is 0. The van der Waals surface area contributed by atoms with Crippen LogP contribution >= 0.6 is 0 Å². The summed E-state index contributed by atoms with van der Waals surface area (Å²) in [6.45, 7) is 3.16. The highest BCUT2D eigenvalue weighted by molar-refractivity contribution is 4.91. The van der Waals surface area contributed by atoms with E-state index in [4.69, 9.17) is 4.84 Å². The number of hydroxylamine groups is 1. The van der Waals surface area contributed by atoms with Crippen LogP contribution in [0, 0.1) is 0 Å². The summed E-state index contributed by atoms with van der Waals surface area (Å²) in [6, 6.07) is 0. The predicted molar refractivity (Wildman–Crippen MR) is 51.2 cm³/mol. The Balaban J connectivity index is 2.47. The van der Waals surface area contributed by atoms with Crippen molar-refractivity contribution in [3.63, 3.8) is 0 Å². The highest BCUT2D eigenvalue weighted by atomic mass is 19.3. The van der Waals surface area contributed by atoms with Gasteiger partial charge in [0.1, 0.15) is 5.82 Å². The van der Waals surface area contributed by atoms with Gasteiger partial charge in [0.05, 0.1) is 12.1 Å². The second-order valence-electron chi connectivity index (χ2n) is 4.06. The molecular weight excluding hydrogens is 204 g/mol. The molecule has 0 radical (unpaired) electrons. The van der Waals surface area contributed by atoms with Gasteiger partial charge < -0.3 is 0 Å². The molecule has 0 aliphatic rings. The van der Waals surface area contributed by atoms with Crippen LogP contribution < -0.4 is 5.48 Å². The molecule has 1 N–H and O–H groups in total. The van der Waals surface area contributed by atoms with Crippen LogP contribution in [0.4, 0.5) is 8.78 Å². The third kappa shape index (κ3) is 3.93. The molecule has 86 valence electrons. The average molecular weight is 219 g/mol. The Hall–Kier alpha value is -1.01. The first-order chi connectivity index (χ1) is 6.90. The van der Waals surface area contributed by atoms with Crippen LogP contribution in [0.2, 0.25) is 0 Å². The lowest BCUT2D eigenvalue weighted by Crippen LogP contribution is -2.29. The van der Waals surface area contributed by atoms with E-state index in [1.165, 1.54) is 12.4 Å². The van der Waals surface area contributed by atoms with Gasteiger partial charge in [-0.1, -0.05) is 0 Å². The highest BCUT2D eigenvalue weighted by Gasteiger charge is 2.13. The van der Waals surface area contributed by atoms with E-state index in [-0.39, 0.29) is 18.0 Å². The van der Waals surface area contributed by atoms with Crippen molar-refractivity contribution in [1.29, 1.82) is 0 Å². The lowest BCUT2D eigenvalue weighted by Gasteiger charge is -2.19. The van der Waals surface area contributed by atoms with E-state index < -0.39 is 6.55 Å². The SMILES string of the molecule is CC(C)(C)ONCc1nccn1C(F)F. The van der Waals surface area contributed by atoms with E-state index >= 15 is 0 Å². The monoisotopic (exact) mass is 219 g/mol. The predicted octanol–water partition coefficient (Wildman–Crippen LogP) is 2.10. The average Bonchev–Trinajstić information content (AvgIpc) is 2.49. The summed E-state index contributed by atoms with van der Waals surface area (Å²) in [4.78, 5) is 8.99. The van der Waals surface area contributed by atoms with Crippen LogP contribution in [0.1, 0.15) is 33.1 Å². The Morgan fingerprint density at radius 1 is 1.53 bits per heavy atom. The number of rotatable bonds is 4. The van der Waals surface area contributed by atoms with Crippen molar-refractivity contribution < 1.29 is 13.6 Å². The maximum absolute atomic E-state index is 12.4. The van der Waals surface area contributed by atoms with Crippen LogP contribution in [-0.2, 0) is 11.4 Å². The molecule has 0 aromatic carbocycles. The molecule has 0 amide bonds. The number of nitrogens with one attached hydrogen (secondary N) is 1. The molecule has 0 saturated heterocycles. The molecular formula is C9H15F2N3O. The smallest absolute Gasteiger partial charge is 0.296 e. The van der Waals surface area contributed by atoms with Crippen molar-refractivity contribution >= 4 is 0 Å². The third-order valence-corrected chi connectivity index (χ3v) is 1.57. The number of hydrogen-bond acceptors (Lipinski definition) is 3. The standard InChI is InChI=1S/C9H15F2N3O/c1-9(2,3)15-13-6-7-12-4-5-14(7)8(10)11/h4-5,8,13H,6H2,1-3H3. The van der Waals surface area contributed by atoms with Gasteiger partial charge in [-0.05, 0) is 20.8 Å². The summed E-state index contributed by atoms with van der Waals surface area (Å²) < 4.78 is 25.5. The van der Waals surface area contributed by atoms with E-state index in [2.05, 4.69) is 10.5 Å². The van der Waals surface area contributed by atoms with E-state index in [0.717, 1.165) is 4.57 Å². The van der Waals surface area contributed by atoms with Gasteiger partial charge in [-0.2, -0.15) is 14.3 Å². The van der Waals surface area contributed by atoms with E-state index in [1.54, 1.807) is 0 Å². The van der Waals surface area contributed by atoms with Gasteiger partial charge in [0.2, 0.25) is 0 Å². The minimum Gasteiger partial charge on any atom is -0.296 e. The summed E-state index contributed by atoms with van der Waals surface area (Å²) in [5.74, 6) is 0.245. The van der Waals surface area contributed by atoms with Crippen LogP contribution in [-0.4, -0.2) is 15.2 Å². The molecule has 0 bridgehead atoms. The van der Waals surface area contributed by atoms with Crippen molar-refractivity contribution in [2.24, 2.45) is 0 Å². The maximum atomic E-state index is 12.4. The molecule has 1 aromatic rings. The Labute approximate surface area is 87.2 Å². The van der Waals surface area contributed by atoms with Gasteiger partial charge in [0, 0.05) is 12.4 Å². The molecule has 6 heteroatoms. The fourth-order valence-electron chi connectivity index (χ4n) is 0.976. The van der Waals surface area contributed by atoms with Crippen molar-refractivity contribution in [1.82, 2.24) is 15.0 Å². The molecule has 0 aliphatic heterocycles. The zero-order valence-corrected chi connectivity index (χ0v) is 9.00. The van der Waals surface area contributed by atoms with Crippen molar-refractivity contribution in [2.75, 3.05) is 0 Å². The lowest BCUT2D eigenvalue weighted by molar-refractivity contribution is -0.0776. The zero-order chi connectivity index (χ0) is 11.5. The van der Waals surface area contributed by atoms with Gasteiger partial charge >= 0.3 is 6.55 Å². The summed E-state index contributed by atoms with van der Waals surface area (Å²) >= 11 is 0. The summed E-state index contributed by atoms with van der Waals surface area (Å²) in [5.41, 5.74) is 2.25. The maximum Gasteiger partial charge on any atom is 0.319 e. The van der Waals surface area contributed by atoms with Gasteiger partial charge in [0.15, 0.2) is 0 Å². The first kappa shape index (κ1) is 12.1. The Kier molecular flexibility index (Phi) is 3.76. The number of aromatic nitrogens is 2. The molecule has 0 aliphatic carbocycles. The third-order valence-electron chi connectivity index (χ3n) is 1.57. The van der Waals surface area contributed by atoms with Gasteiger partial charge in [0.25, 0.3) is 0 Å². The van der Waals surface area contributed by atoms with Crippen LogP contribution in [0.25, 0.3) is 0 Å². The molecule has 1 heterocycles. The molecule has 1 aromatic heterocycles. The van der Waals surface area contributed by atoms with Gasteiger partial charge in [-0.25, -0.2) is 4.98 Å². The van der Waals surface area contributed by atoms with Crippen molar-refractivity contribution in [2.45, 2.75) is 39.5 Å². The first-order valence-electron chi connectivity index (χ1n) is 4.61. The number of nitrogens with zero attached hydrogens (tertiary/aromatic N) is 2. The number of alkyl halides is 2. The number of hydrogen-bond donors (Lipinski definition) is 1. The topological polar surface area (TPSA) is 39.1 Å². The van der Waals surface area contributed by atoms with Crippen LogP contribution in [0.15, 0.2) is 12.4 Å². The molecule has 1 rings (SSSR count). The number of imidazole rings is 1. The van der Waals surface area contributed by atoms with Crippen LogP contribution in [0.5, 0.6) is 0 Å². The minimum atomic E-state index is -2.57. The second kappa shape index (κ2) is 4.67. The summed E-state index contributed by atoms with van der Waals surface area (Å²) in [7, 11) is 0. The molecule has 0 spiro atoms. The molecule has 0 saturated carbocycles. The van der Waals surface area contributed by atoms with Crippen molar-refractivity contribution in [3.05, 3.63) is 18.2 Å². The molecule has 0 fully saturated rings. The largest absolute Gasteiger partial charge is 0.319 e. The Morgan fingerprint density at radius 3 is 2.73 bits per heavy atom. The van der Waals surface area contributed by atoms with E-state index in [0.29, 0.717) is 0 Å². The van der Waals surface area contributed by atoms with E-state index in [1.807, 2.05) is 20.8 Å². The lowest BCUT2D eigenvalue weighted by atomic mass is 10.2. The Morgan fingerprint density at radius 2 is 2.20 bits per heavy atom. The molecule has 15 heavy (non-hydrogen) atoms. The normalized spacial score (nSPS) is 12.4. The zero-order valence-electron chi connectivity index (χ0n) is 9.00.